The molecule has 3 rings (SSSR count). The third kappa shape index (κ3) is 4.97. The molecule has 1 unspecified atom stereocenters. The van der Waals surface area contributed by atoms with Crippen LogP contribution in [-0.4, -0.2) is 40.1 Å². The summed E-state index contributed by atoms with van der Waals surface area (Å²) >= 11 is 0. The van der Waals surface area contributed by atoms with E-state index < -0.39 is 22.8 Å². The average Bonchev–Trinajstić information content (AvgIpc) is 3.26. The summed E-state index contributed by atoms with van der Waals surface area (Å²) < 4.78 is 12.0. The smallest absolute Gasteiger partial charge is 0.336 e. The zero-order valence-electron chi connectivity index (χ0n) is 17.7. The van der Waals surface area contributed by atoms with E-state index >= 15 is 0 Å². The van der Waals surface area contributed by atoms with Crippen LogP contribution in [0.15, 0.2) is 65.5 Å². The van der Waals surface area contributed by atoms with Gasteiger partial charge < -0.3 is 19.4 Å². The maximum atomic E-state index is 13.0. The van der Waals surface area contributed by atoms with Crippen LogP contribution in [0.1, 0.15) is 25.3 Å². The molecule has 0 radical (unpaired) electrons. The summed E-state index contributed by atoms with van der Waals surface area (Å²) in [5.74, 6) is -2.19. The molecule has 170 valence electrons. The number of ether oxygens (including phenoxy) is 2. The number of esters is 2. The number of carbonyl (C=O) groups is 2. The van der Waals surface area contributed by atoms with Crippen LogP contribution in [0.5, 0.6) is 0 Å². The van der Waals surface area contributed by atoms with Gasteiger partial charge in [0.15, 0.2) is 0 Å². The molecule has 1 aliphatic rings. The summed E-state index contributed by atoms with van der Waals surface area (Å²) in [6, 6.07) is 5.84. The van der Waals surface area contributed by atoms with Gasteiger partial charge in [-0.1, -0.05) is 12.1 Å². The van der Waals surface area contributed by atoms with E-state index in [0.717, 1.165) is 0 Å². The van der Waals surface area contributed by atoms with Gasteiger partial charge in [0.05, 0.1) is 48.6 Å². The summed E-state index contributed by atoms with van der Waals surface area (Å²) in [6.07, 6.45) is 4.93. The second kappa shape index (κ2) is 10.6. The first-order chi connectivity index (χ1) is 14.9. The van der Waals surface area contributed by atoms with Gasteiger partial charge in [0, 0.05) is 35.9 Å². The summed E-state index contributed by atoms with van der Waals surface area (Å²) in [7, 11) is 1.24. The molecule has 0 fully saturated rings. The minimum atomic E-state index is -0.911. The first-order valence-corrected chi connectivity index (χ1v) is 9.53. The minimum Gasteiger partial charge on any atom is -0.466 e. The number of nitrogens with zero attached hydrogens (tertiary/aromatic N) is 3. The Morgan fingerprint density at radius 1 is 1.28 bits per heavy atom. The number of imidazole rings is 1. The molecule has 1 aromatic heterocycles. The van der Waals surface area contributed by atoms with Crippen molar-refractivity contribution in [2.24, 2.45) is 0 Å². The second-order valence-corrected chi connectivity index (χ2v) is 6.79. The molecular weight excluding hydrogens is 440 g/mol. The van der Waals surface area contributed by atoms with Gasteiger partial charge in [-0.3, -0.25) is 10.1 Å². The lowest BCUT2D eigenvalue weighted by atomic mass is 9.80. The van der Waals surface area contributed by atoms with E-state index in [1.165, 1.54) is 25.3 Å². The molecule has 0 spiro atoms. The van der Waals surface area contributed by atoms with E-state index in [1.54, 1.807) is 43.2 Å². The first-order valence-electron chi connectivity index (χ1n) is 9.53. The molecule has 2 heterocycles. The van der Waals surface area contributed by atoms with Crippen LogP contribution in [0, 0.1) is 10.1 Å². The van der Waals surface area contributed by atoms with Gasteiger partial charge in [0.1, 0.15) is 0 Å². The Labute approximate surface area is 190 Å². The van der Waals surface area contributed by atoms with Gasteiger partial charge in [-0.05, 0) is 19.4 Å². The van der Waals surface area contributed by atoms with Crippen LogP contribution in [0.3, 0.4) is 0 Å². The van der Waals surface area contributed by atoms with Gasteiger partial charge in [0.25, 0.3) is 5.69 Å². The van der Waals surface area contributed by atoms with Crippen LogP contribution in [-0.2, 0) is 25.6 Å². The molecule has 0 bridgehead atoms. The van der Waals surface area contributed by atoms with E-state index in [0.29, 0.717) is 17.0 Å². The van der Waals surface area contributed by atoms with Crippen molar-refractivity contribution in [3.8, 4) is 0 Å². The monoisotopic (exact) mass is 462 g/mol. The number of allylic oxidation sites excluding steroid dienone is 2. The van der Waals surface area contributed by atoms with E-state index in [2.05, 4.69) is 10.3 Å². The van der Waals surface area contributed by atoms with Crippen molar-refractivity contribution in [2.75, 3.05) is 13.7 Å². The predicted molar refractivity (Wildman–Crippen MR) is 117 cm³/mol. The van der Waals surface area contributed by atoms with Crippen LogP contribution in [0.2, 0.25) is 0 Å². The Bertz CT molecular complexity index is 1080. The van der Waals surface area contributed by atoms with Crippen molar-refractivity contribution in [2.45, 2.75) is 26.3 Å². The van der Waals surface area contributed by atoms with Crippen LogP contribution in [0.25, 0.3) is 0 Å². The van der Waals surface area contributed by atoms with E-state index in [9.17, 15) is 19.7 Å². The van der Waals surface area contributed by atoms with Gasteiger partial charge in [-0.15, -0.1) is 12.4 Å². The van der Waals surface area contributed by atoms with Crippen molar-refractivity contribution in [3.05, 3.63) is 81.2 Å². The molecule has 32 heavy (non-hydrogen) atoms. The molecule has 0 aliphatic carbocycles. The molecule has 0 saturated heterocycles. The Balaban J connectivity index is 0.00000363. The number of nitro benzene ring substituents is 1. The summed E-state index contributed by atoms with van der Waals surface area (Å²) in [5.41, 5.74) is 1.59. The molecule has 2 aromatic rings. The topological polar surface area (TPSA) is 126 Å². The molecule has 10 nitrogen and oxygen atoms in total. The third-order valence-corrected chi connectivity index (χ3v) is 4.86. The summed E-state index contributed by atoms with van der Waals surface area (Å²) in [4.78, 5) is 40.6. The van der Waals surface area contributed by atoms with Gasteiger partial charge in [-0.2, -0.15) is 0 Å². The largest absolute Gasteiger partial charge is 0.466 e. The van der Waals surface area contributed by atoms with Crippen molar-refractivity contribution >= 4 is 30.0 Å². The van der Waals surface area contributed by atoms with Crippen LogP contribution >= 0.6 is 12.4 Å². The maximum absolute atomic E-state index is 13.0. The number of nitrogens with one attached hydrogen (secondary N) is 1. The van der Waals surface area contributed by atoms with Gasteiger partial charge >= 0.3 is 11.9 Å². The van der Waals surface area contributed by atoms with E-state index in [4.69, 9.17) is 9.47 Å². The molecule has 1 atom stereocenters. The fourth-order valence-electron chi connectivity index (χ4n) is 3.57. The van der Waals surface area contributed by atoms with Crippen LogP contribution in [0.4, 0.5) is 5.69 Å². The minimum absolute atomic E-state index is 0. The number of nitro groups is 1. The van der Waals surface area contributed by atoms with E-state index in [-0.39, 0.29) is 42.4 Å². The lowest BCUT2D eigenvalue weighted by molar-refractivity contribution is -0.384. The Kier molecular flexibility index (Phi) is 8.14. The number of non-ortho nitro benzene ring substituents is 1. The number of hydrogen-bond donors (Lipinski definition) is 1. The third-order valence-electron chi connectivity index (χ3n) is 4.86. The number of benzene rings is 1. The molecule has 1 N–H and O–H groups in total. The normalized spacial score (nSPS) is 15.5. The Morgan fingerprint density at radius 3 is 2.62 bits per heavy atom. The number of aromatic nitrogens is 2. The Hall–Kier alpha value is -3.66. The summed E-state index contributed by atoms with van der Waals surface area (Å²) in [6.45, 7) is 3.74. The highest BCUT2D eigenvalue weighted by atomic mass is 35.5. The lowest BCUT2D eigenvalue weighted by Crippen LogP contribution is -2.34. The highest BCUT2D eigenvalue weighted by Gasteiger charge is 2.39. The molecule has 1 aromatic carbocycles. The number of hydrogen-bond acceptors (Lipinski definition) is 8. The lowest BCUT2D eigenvalue weighted by Gasteiger charge is -2.31. The van der Waals surface area contributed by atoms with E-state index in [1.807, 2.05) is 0 Å². The molecule has 0 amide bonds. The van der Waals surface area contributed by atoms with Crippen molar-refractivity contribution in [3.63, 3.8) is 0 Å². The van der Waals surface area contributed by atoms with Gasteiger partial charge in [0.2, 0.25) is 0 Å². The second-order valence-electron chi connectivity index (χ2n) is 6.79. The zero-order valence-corrected chi connectivity index (χ0v) is 18.5. The van der Waals surface area contributed by atoms with Crippen molar-refractivity contribution in [1.82, 2.24) is 14.9 Å². The SMILES string of the molecule is CCOC(=O)C1=C(Cn2ccnc2)NC(C)=C(C(=O)OC)C1c1cccc([N+](=O)[O-])c1.Cl. The Morgan fingerprint density at radius 2 is 2.03 bits per heavy atom. The molecule has 11 heteroatoms. The fraction of sp³-hybridized carbons (Fsp3) is 0.286. The summed E-state index contributed by atoms with van der Waals surface area (Å²) in [5, 5.41) is 14.5. The number of rotatable bonds is 7. The maximum Gasteiger partial charge on any atom is 0.336 e. The molecular formula is C21H23ClN4O6. The first kappa shape index (κ1) is 24.6. The number of halogens is 1. The number of carbonyl (C=O) groups excluding carboxylic acids is 2. The predicted octanol–water partition coefficient (Wildman–Crippen LogP) is 2.86. The molecule has 0 saturated carbocycles. The molecule has 1 aliphatic heterocycles. The van der Waals surface area contributed by atoms with Crippen molar-refractivity contribution in [1.29, 1.82) is 0 Å². The van der Waals surface area contributed by atoms with Crippen LogP contribution < -0.4 is 5.32 Å². The zero-order chi connectivity index (χ0) is 22.5. The fourth-order valence-corrected chi connectivity index (χ4v) is 3.57. The highest BCUT2D eigenvalue weighted by Crippen LogP contribution is 2.40. The standard InChI is InChI=1S/C21H22N4O6.ClH/c1-4-31-21(27)19-16(11-24-9-8-22-12-24)23-13(2)17(20(26)30-3)18(19)14-6-5-7-15(10-14)25(28)29;/h5-10,12,18,23H,4,11H2,1-3H3;1H. The average molecular weight is 463 g/mol. The van der Waals surface area contributed by atoms with Crippen molar-refractivity contribution < 1.29 is 24.0 Å². The number of methoxy groups -OCH3 is 1. The quantitative estimate of drug-likeness (QED) is 0.378. The number of dihydropyridines is 1. The highest BCUT2D eigenvalue weighted by molar-refractivity contribution is 6.00. The van der Waals surface area contributed by atoms with Gasteiger partial charge in [-0.25, -0.2) is 14.6 Å².